The molecule has 2 aromatic heterocycles. The first-order valence-electron chi connectivity index (χ1n) is 6.75. The minimum Gasteiger partial charge on any atom is -0.349 e. The summed E-state index contributed by atoms with van der Waals surface area (Å²) < 4.78 is 29.4. The lowest BCUT2D eigenvalue weighted by Crippen LogP contribution is -2.13. The van der Waals surface area contributed by atoms with Crippen molar-refractivity contribution in [3.63, 3.8) is 0 Å². The molecular formula is C14H20N4O2S. The van der Waals surface area contributed by atoms with Gasteiger partial charge in [-0.2, -0.15) is 0 Å². The number of aromatic nitrogens is 2. The van der Waals surface area contributed by atoms with E-state index in [1.165, 1.54) is 6.20 Å². The van der Waals surface area contributed by atoms with Crippen molar-refractivity contribution in [1.29, 1.82) is 0 Å². The van der Waals surface area contributed by atoms with E-state index in [2.05, 4.69) is 15.0 Å². The fraction of sp³-hybridized carbons (Fsp3) is 0.357. The van der Waals surface area contributed by atoms with E-state index in [-0.39, 0.29) is 4.90 Å². The molecule has 0 saturated heterocycles. The number of anilines is 1. The molecule has 6 nitrogen and oxygen atoms in total. The Labute approximate surface area is 125 Å². The highest BCUT2D eigenvalue weighted by Gasteiger charge is 2.18. The van der Waals surface area contributed by atoms with Gasteiger partial charge in [0.15, 0.2) is 0 Å². The predicted octanol–water partition coefficient (Wildman–Crippen LogP) is 1.73. The molecule has 0 aliphatic heterocycles. The fourth-order valence-electron chi connectivity index (χ4n) is 2.07. The lowest BCUT2D eigenvalue weighted by Gasteiger charge is -2.08. The summed E-state index contributed by atoms with van der Waals surface area (Å²) in [6.07, 6.45) is 4.80. The van der Waals surface area contributed by atoms with Gasteiger partial charge in [-0.1, -0.05) is 0 Å². The monoisotopic (exact) mass is 308 g/mol. The molecule has 21 heavy (non-hydrogen) atoms. The molecule has 0 amide bonds. The van der Waals surface area contributed by atoms with Crippen molar-refractivity contribution in [2.45, 2.75) is 31.8 Å². The van der Waals surface area contributed by atoms with Crippen LogP contribution in [-0.2, 0) is 23.1 Å². The average molecular weight is 308 g/mol. The Morgan fingerprint density at radius 3 is 2.76 bits per heavy atom. The number of aryl methyl sites for hydroxylation is 2. The van der Waals surface area contributed by atoms with E-state index in [1.807, 2.05) is 25.5 Å². The van der Waals surface area contributed by atoms with Crippen molar-refractivity contribution >= 4 is 15.7 Å². The number of sulfonamides is 1. The van der Waals surface area contributed by atoms with Crippen LogP contribution in [0.4, 0.5) is 5.69 Å². The molecule has 2 heterocycles. The van der Waals surface area contributed by atoms with E-state index >= 15 is 0 Å². The van der Waals surface area contributed by atoms with Crippen LogP contribution in [-0.4, -0.2) is 25.0 Å². The number of hydrogen-bond acceptors (Lipinski definition) is 4. The highest BCUT2D eigenvalue weighted by molar-refractivity contribution is 7.92. The molecule has 7 heteroatoms. The van der Waals surface area contributed by atoms with Crippen molar-refractivity contribution in [1.82, 2.24) is 14.9 Å². The number of pyridine rings is 1. The fourth-order valence-corrected chi connectivity index (χ4v) is 3.25. The Morgan fingerprint density at radius 2 is 2.14 bits per heavy atom. The minimum absolute atomic E-state index is 0.262. The highest BCUT2D eigenvalue weighted by atomic mass is 32.2. The maximum absolute atomic E-state index is 12.5. The number of nitrogens with zero attached hydrogens (tertiary/aromatic N) is 2. The van der Waals surface area contributed by atoms with E-state index in [4.69, 9.17) is 0 Å². The summed E-state index contributed by atoms with van der Waals surface area (Å²) in [4.78, 5) is 4.21. The highest BCUT2D eigenvalue weighted by Crippen LogP contribution is 2.20. The molecule has 114 valence electrons. The van der Waals surface area contributed by atoms with Crippen LogP contribution in [0.1, 0.15) is 18.2 Å². The van der Waals surface area contributed by atoms with Gasteiger partial charge < -0.3 is 9.88 Å². The lowest BCUT2D eigenvalue weighted by atomic mass is 10.3. The maximum atomic E-state index is 12.5. The van der Waals surface area contributed by atoms with E-state index in [0.717, 1.165) is 17.8 Å². The van der Waals surface area contributed by atoms with Crippen molar-refractivity contribution in [2.75, 3.05) is 11.8 Å². The number of hydrogen-bond donors (Lipinski definition) is 2. The molecule has 0 aliphatic rings. The molecule has 2 rings (SSSR count). The van der Waals surface area contributed by atoms with Crippen LogP contribution in [0.5, 0.6) is 0 Å². The van der Waals surface area contributed by atoms with Crippen molar-refractivity contribution in [3.8, 4) is 0 Å². The minimum atomic E-state index is -3.60. The van der Waals surface area contributed by atoms with Gasteiger partial charge in [-0.05, 0) is 38.6 Å². The van der Waals surface area contributed by atoms with Crippen LogP contribution in [0, 0.1) is 6.92 Å². The first-order chi connectivity index (χ1) is 9.97. The van der Waals surface area contributed by atoms with Gasteiger partial charge in [0.1, 0.15) is 4.90 Å². The molecule has 0 radical (unpaired) electrons. The van der Waals surface area contributed by atoms with E-state index in [0.29, 0.717) is 12.2 Å². The third-order valence-electron chi connectivity index (χ3n) is 3.25. The van der Waals surface area contributed by atoms with Crippen LogP contribution in [0.15, 0.2) is 35.6 Å². The van der Waals surface area contributed by atoms with Crippen molar-refractivity contribution < 1.29 is 8.42 Å². The molecule has 2 N–H and O–H groups in total. The lowest BCUT2D eigenvalue weighted by molar-refractivity contribution is 0.600. The summed E-state index contributed by atoms with van der Waals surface area (Å²) in [6.45, 7) is 5.16. The zero-order valence-corrected chi connectivity index (χ0v) is 13.2. The SMILES string of the molecule is CCn1cc(S(=O)(=O)Nc2cnccc2C)cc1CNC. The van der Waals surface area contributed by atoms with Crippen molar-refractivity contribution in [3.05, 3.63) is 42.0 Å². The summed E-state index contributed by atoms with van der Waals surface area (Å²) >= 11 is 0. The Hall–Kier alpha value is -1.86. The van der Waals surface area contributed by atoms with Gasteiger partial charge in [-0.25, -0.2) is 8.42 Å². The topological polar surface area (TPSA) is 76.0 Å². The van der Waals surface area contributed by atoms with Crippen LogP contribution < -0.4 is 10.0 Å². The summed E-state index contributed by atoms with van der Waals surface area (Å²) in [6, 6.07) is 3.45. The zero-order valence-electron chi connectivity index (χ0n) is 12.4. The van der Waals surface area contributed by atoms with Crippen LogP contribution in [0.3, 0.4) is 0 Å². The smallest absolute Gasteiger partial charge is 0.263 e. The molecule has 0 aromatic carbocycles. The van der Waals surface area contributed by atoms with E-state index in [9.17, 15) is 8.42 Å². The first kappa shape index (κ1) is 15.5. The van der Waals surface area contributed by atoms with Gasteiger partial charge in [-0.15, -0.1) is 0 Å². The zero-order chi connectivity index (χ0) is 15.5. The third kappa shape index (κ3) is 3.43. The molecule has 0 bridgehead atoms. The normalized spacial score (nSPS) is 11.6. The van der Waals surface area contributed by atoms with E-state index < -0.39 is 10.0 Å². The summed E-state index contributed by atoms with van der Waals surface area (Å²) in [7, 11) is -1.77. The van der Waals surface area contributed by atoms with Crippen molar-refractivity contribution in [2.24, 2.45) is 0 Å². The summed E-state index contributed by atoms with van der Waals surface area (Å²) in [5.74, 6) is 0. The van der Waals surface area contributed by atoms with Crippen LogP contribution in [0.25, 0.3) is 0 Å². The largest absolute Gasteiger partial charge is 0.349 e. The Balaban J connectivity index is 2.34. The molecule has 0 atom stereocenters. The summed E-state index contributed by atoms with van der Waals surface area (Å²) in [5.41, 5.74) is 2.26. The summed E-state index contributed by atoms with van der Waals surface area (Å²) in [5, 5.41) is 3.04. The second-order valence-corrected chi connectivity index (χ2v) is 6.46. The van der Waals surface area contributed by atoms with Gasteiger partial charge >= 0.3 is 0 Å². The number of nitrogens with one attached hydrogen (secondary N) is 2. The molecular weight excluding hydrogens is 288 g/mol. The number of rotatable bonds is 6. The Morgan fingerprint density at radius 1 is 1.38 bits per heavy atom. The second-order valence-electron chi connectivity index (χ2n) is 4.78. The second kappa shape index (κ2) is 6.28. The molecule has 0 fully saturated rings. The molecule has 0 aliphatic carbocycles. The van der Waals surface area contributed by atoms with Crippen LogP contribution in [0.2, 0.25) is 0 Å². The predicted molar refractivity (Wildman–Crippen MR) is 82.7 cm³/mol. The van der Waals surface area contributed by atoms with E-state index in [1.54, 1.807) is 24.5 Å². The van der Waals surface area contributed by atoms with Gasteiger partial charge in [0.25, 0.3) is 10.0 Å². The Bertz CT molecular complexity index is 722. The quantitative estimate of drug-likeness (QED) is 0.852. The third-order valence-corrected chi connectivity index (χ3v) is 4.59. The average Bonchev–Trinajstić information content (AvgIpc) is 2.86. The molecule has 0 spiro atoms. The van der Waals surface area contributed by atoms with Gasteiger partial charge in [0.05, 0.1) is 11.9 Å². The molecule has 0 saturated carbocycles. The van der Waals surface area contributed by atoms with Crippen LogP contribution >= 0.6 is 0 Å². The molecule has 0 unspecified atom stereocenters. The molecule has 2 aromatic rings. The standard InChI is InChI=1S/C14H20N4O2S/c1-4-18-10-13(7-12(18)8-15-3)21(19,20)17-14-9-16-6-5-11(14)2/h5-7,9-10,15,17H,4,8H2,1-3H3. The van der Waals surface area contributed by atoms with Gasteiger partial charge in [-0.3, -0.25) is 9.71 Å². The Kier molecular flexibility index (Phi) is 4.64. The maximum Gasteiger partial charge on any atom is 0.263 e. The van der Waals surface area contributed by atoms with Gasteiger partial charge in [0.2, 0.25) is 0 Å². The van der Waals surface area contributed by atoms with Gasteiger partial charge in [0, 0.05) is 31.2 Å². The first-order valence-corrected chi connectivity index (χ1v) is 8.23.